The SMILES string of the molecule is CCCCCCC(CCCC)(CCCCCC)[O][Al]([O]C(CCCC)(CCCCCC)CCCCCC)[O]C(CCCC)(CCCCCC)CCCCCC. The highest BCUT2D eigenvalue weighted by atomic mass is 27.3. The first-order chi connectivity index (χ1) is 26.8. The zero-order valence-electron chi connectivity index (χ0n) is 39.9. The lowest BCUT2D eigenvalue weighted by Gasteiger charge is -2.45. The van der Waals surface area contributed by atoms with Crippen LogP contribution in [0.5, 0.6) is 0 Å². The molecular formula is C51H105AlO3. The van der Waals surface area contributed by atoms with Crippen LogP contribution in [0, 0.1) is 0 Å². The molecule has 3 nitrogen and oxygen atoms in total. The van der Waals surface area contributed by atoms with Crippen molar-refractivity contribution in [2.45, 2.75) is 330 Å². The molecule has 0 saturated carbocycles. The third kappa shape index (κ3) is 28.5. The van der Waals surface area contributed by atoms with Gasteiger partial charge in [-0.05, 0) is 57.8 Å². The van der Waals surface area contributed by atoms with Crippen molar-refractivity contribution in [2.24, 2.45) is 0 Å². The molecule has 0 aromatic carbocycles. The van der Waals surface area contributed by atoms with Crippen molar-refractivity contribution in [3.05, 3.63) is 0 Å². The maximum atomic E-state index is 7.98. The van der Waals surface area contributed by atoms with E-state index in [2.05, 4.69) is 62.3 Å². The van der Waals surface area contributed by atoms with Gasteiger partial charge in [-0.15, -0.1) is 0 Å². The van der Waals surface area contributed by atoms with Gasteiger partial charge in [0.05, 0.1) is 0 Å². The summed E-state index contributed by atoms with van der Waals surface area (Å²) in [6.45, 7) is 21.2. The van der Waals surface area contributed by atoms with Crippen molar-refractivity contribution in [3.63, 3.8) is 0 Å². The predicted octanol–water partition coefficient (Wildman–Crippen LogP) is 18.6. The number of unbranched alkanes of at least 4 members (excludes halogenated alkanes) is 21. The van der Waals surface area contributed by atoms with Gasteiger partial charge in [0.15, 0.2) is 0 Å². The molecule has 0 rings (SSSR count). The lowest BCUT2D eigenvalue weighted by Crippen LogP contribution is -2.52. The fourth-order valence-electron chi connectivity index (χ4n) is 9.08. The highest BCUT2D eigenvalue weighted by molar-refractivity contribution is 6.37. The summed E-state index contributed by atoms with van der Waals surface area (Å²) in [5.74, 6) is 0. The van der Waals surface area contributed by atoms with Gasteiger partial charge in [-0.1, -0.05) is 255 Å². The third-order valence-electron chi connectivity index (χ3n) is 12.9. The maximum Gasteiger partial charge on any atom is 0.906 e. The van der Waals surface area contributed by atoms with E-state index >= 15 is 0 Å². The summed E-state index contributed by atoms with van der Waals surface area (Å²) in [5, 5.41) is 0. The molecule has 0 unspecified atom stereocenters. The molecule has 0 spiro atoms. The minimum Gasteiger partial charge on any atom is -0.449 e. The summed E-state index contributed by atoms with van der Waals surface area (Å²) in [7, 11) is 0. The predicted molar refractivity (Wildman–Crippen MR) is 248 cm³/mol. The molecule has 0 atom stereocenters. The van der Waals surface area contributed by atoms with Crippen molar-refractivity contribution in [3.8, 4) is 0 Å². The Bertz CT molecular complexity index is 635. The summed E-state index contributed by atoms with van der Waals surface area (Å²) in [6.07, 6.45) is 49.3. The van der Waals surface area contributed by atoms with E-state index in [4.69, 9.17) is 11.4 Å². The molecule has 0 radical (unpaired) electrons. The highest BCUT2D eigenvalue weighted by Crippen LogP contribution is 2.41. The Hall–Kier alpha value is 0.412. The van der Waals surface area contributed by atoms with Crippen LogP contribution in [-0.2, 0) is 11.4 Å². The van der Waals surface area contributed by atoms with Crippen LogP contribution >= 0.6 is 0 Å². The number of rotatable bonds is 45. The second kappa shape index (κ2) is 38.6. The average molecular weight is 793 g/mol. The molecule has 55 heavy (non-hydrogen) atoms. The number of hydrogen-bond donors (Lipinski definition) is 0. The Morgan fingerprint density at radius 2 is 0.382 bits per heavy atom. The Morgan fingerprint density at radius 3 is 0.545 bits per heavy atom. The monoisotopic (exact) mass is 793 g/mol. The average Bonchev–Trinajstić information content (AvgIpc) is 3.19. The van der Waals surface area contributed by atoms with Crippen molar-refractivity contribution >= 4 is 15.1 Å². The van der Waals surface area contributed by atoms with Gasteiger partial charge in [-0.25, -0.2) is 0 Å². The molecule has 0 aliphatic rings. The summed E-state index contributed by atoms with van der Waals surface area (Å²) in [4.78, 5) is 0. The zero-order chi connectivity index (χ0) is 40.8. The van der Waals surface area contributed by atoms with E-state index < -0.39 is 15.1 Å². The van der Waals surface area contributed by atoms with Gasteiger partial charge in [0.1, 0.15) is 0 Å². The molecule has 0 aromatic heterocycles. The second-order valence-electron chi connectivity index (χ2n) is 18.4. The minimum absolute atomic E-state index is 0.115. The van der Waals surface area contributed by atoms with Crippen LogP contribution in [0.2, 0.25) is 0 Å². The molecular weight excluding hydrogens is 688 g/mol. The lowest BCUT2D eigenvalue weighted by atomic mass is 9.85. The first-order valence-electron chi connectivity index (χ1n) is 25.9. The van der Waals surface area contributed by atoms with Gasteiger partial charge in [0.2, 0.25) is 0 Å². The molecule has 0 bridgehead atoms. The standard InChI is InChI=1S/3C17H35O.Al/c3*1-4-7-10-12-15-17(18,14-9-6-3)16-13-11-8-5-2;/h3*4-16H2,1-3H3;/q3*-1;+3. The Labute approximate surface area is 354 Å². The lowest BCUT2D eigenvalue weighted by molar-refractivity contribution is -0.112. The van der Waals surface area contributed by atoms with Gasteiger partial charge in [0, 0.05) is 16.8 Å². The van der Waals surface area contributed by atoms with Crippen molar-refractivity contribution in [1.29, 1.82) is 0 Å². The first kappa shape index (κ1) is 55.4. The topological polar surface area (TPSA) is 27.7 Å². The van der Waals surface area contributed by atoms with E-state index in [0.717, 1.165) is 0 Å². The van der Waals surface area contributed by atoms with Crippen LogP contribution in [0.3, 0.4) is 0 Å². The molecule has 0 fully saturated rings. The van der Waals surface area contributed by atoms with Crippen LogP contribution in [0.15, 0.2) is 0 Å². The highest BCUT2D eigenvalue weighted by Gasteiger charge is 2.51. The quantitative estimate of drug-likeness (QED) is 0.0454. The van der Waals surface area contributed by atoms with Crippen molar-refractivity contribution in [2.75, 3.05) is 0 Å². The smallest absolute Gasteiger partial charge is 0.449 e. The van der Waals surface area contributed by atoms with Gasteiger partial charge in [-0.3, -0.25) is 0 Å². The molecule has 0 aromatic rings. The van der Waals surface area contributed by atoms with E-state index in [1.807, 2.05) is 0 Å². The second-order valence-corrected chi connectivity index (χ2v) is 19.7. The molecule has 0 amide bonds. The minimum atomic E-state index is -2.59. The summed E-state index contributed by atoms with van der Waals surface area (Å²) in [6, 6.07) is 0. The van der Waals surface area contributed by atoms with Gasteiger partial charge in [-0.2, -0.15) is 0 Å². The number of hydrogen-bond acceptors (Lipinski definition) is 3. The molecule has 0 aliphatic carbocycles. The zero-order valence-corrected chi connectivity index (χ0v) is 41.0. The summed E-state index contributed by atoms with van der Waals surface area (Å²) < 4.78 is 23.9. The van der Waals surface area contributed by atoms with Crippen LogP contribution in [0.1, 0.15) is 313 Å². The molecule has 330 valence electrons. The molecule has 0 aliphatic heterocycles. The van der Waals surface area contributed by atoms with Crippen LogP contribution < -0.4 is 0 Å². The van der Waals surface area contributed by atoms with Gasteiger partial charge in [0.25, 0.3) is 0 Å². The summed E-state index contributed by atoms with van der Waals surface area (Å²) >= 11 is -2.59. The van der Waals surface area contributed by atoms with Gasteiger partial charge >= 0.3 is 15.1 Å². The molecule has 0 saturated heterocycles. The van der Waals surface area contributed by atoms with Gasteiger partial charge < -0.3 is 11.4 Å². The fourth-order valence-corrected chi connectivity index (χ4v) is 11.5. The van der Waals surface area contributed by atoms with E-state index in [1.165, 1.54) is 250 Å². The molecule has 0 N–H and O–H groups in total. The third-order valence-corrected chi connectivity index (χ3v) is 15.0. The fraction of sp³-hybridized carbons (Fsp3) is 1.00. The van der Waals surface area contributed by atoms with Crippen LogP contribution in [0.4, 0.5) is 0 Å². The van der Waals surface area contributed by atoms with E-state index in [-0.39, 0.29) is 16.8 Å². The van der Waals surface area contributed by atoms with Crippen LogP contribution in [-0.4, -0.2) is 32.0 Å². The van der Waals surface area contributed by atoms with Crippen molar-refractivity contribution in [1.82, 2.24) is 0 Å². The largest absolute Gasteiger partial charge is 0.906 e. The summed E-state index contributed by atoms with van der Waals surface area (Å²) in [5.41, 5.74) is -0.345. The molecule has 4 heteroatoms. The molecule has 0 heterocycles. The normalized spacial score (nSPS) is 12.6. The van der Waals surface area contributed by atoms with Crippen molar-refractivity contribution < 1.29 is 11.4 Å². The van der Waals surface area contributed by atoms with E-state index in [9.17, 15) is 0 Å². The Balaban J connectivity index is 7.42. The van der Waals surface area contributed by atoms with E-state index in [0.29, 0.717) is 0 Å². The van der Waals surface area contributed by atoms with Crippen LogP contribution in [0.25, 0.3) is 0 Å². The first-order valence-corrected chi connectivity index (χ1v) is 27.3. The Kier molecular flexibility index (Phi) is 38.9. The Morgan fingerprint density at radius 1 is 0.218 bits per heavy atom. The van der Waals surface area contributed by atoms with E-state index in [1.54, 1.807) is 0 Å². The maximum absolute atomic E-state index is 7.98.